The summed E-state index contributed by atoms with van der Waals surface area (Å²) < 4.78 is 19.9. The summed E-state index contributed by atoms with van der Waals surface area (Å²) in [5, 5.41) is 11.9. The summed E-state index contributed by atoms with van der Waals surface area (Å²) in [7, 11) is 0. The van der Waals surface area contributed by atoms with E-state index in [0.717, 1.165) is 6.20 Å². The molecule has 2 atom stereocenters. The van der Waals surface area contributed by atoms with E-state index in [0.29, 0.717) is 19.5 Å². The van der Waals surface area contributed by atoms with Crippen molar-refractivity contribution in [1.82, 2.24) is 14.9 Å². The standard InChI is InChI=1S/C18H19BrFN5O4/c1-18(2,3)29-17(26)23-5-4-10-12(23)8-24(10)15-9-6-22-16(19)13(20)14(9)21-7-11(15)25(27)28/h6-7,10,12H,4-5,8H2,1-3H3/t10-,12-/m1/s1. The van der Waals surface area contributed by atoms with Crippen LogP contribution < -0.4 is 4.90 Å². The Morgan fingerprint density at radius 2 is 2.07 bits per heavy atom. The number of carbonyl (C=O) groups excluding carboxylic acids is 1. The van der Waals surface area contributed by atoms with E-state index in [1.165, 1.54) is 6.20 Å². The van der Waals surface area contributed by atoms with Gasteiger partial charge in [-0.05, 0) is 43.1 Å². The predicted molar refractivity (Wildman–Crippen MR) is 106 cm³/mol. The molecule has 2 aliphatic heterocycles. The van der Waals surface area contributed by atoms with Gasteiger partial charge in [0.05, 0.1) is 22.4 Å². The molecule has 0 unspecified atom stereocenters. The van der Waals surface area contributed by atoms with E-state index < -0.39 is 22.4 Å². The minimum Gasteiger partial charge on any atom is -0.444 e. The Morgan fingerprint density at radius 3 is 2.72 bits per heavy atom. The highest BCUT2D eigenvalue weighted by molar-refractivity contribution is 9.10. The van der Waals surface area contributed by atoms with Crippen LogP contribution in [0.5, 0.6) is 0 Å². The molecule has 2 aliphatic rings. The van der Waals surface area contributed by atoms with Crippen molar-refractivity contribution in [3.8, 4) is 0 Å². The highest BCUT2D eigenvalue weighted by atomic mass is 79.9. The normalized spacial score (nSPS) is 21.1. The van der Waals surface area contributed by atoms with Crippen molar-refractivity contribution in [2.75, 3.05) is 18.0 Å². The van der Waals surface area contributed by atoms with Gasteiger partial charge < -0.3 is 14.5 Å². The monoisotopic (exact) mass is 467 g/mol. The molecule has 0 N–H and O–H groups in total. The number of halogens is 2. The van der Waals surface area contributed by atoms with Crippen molar-refractivity contribution in [2.24, 2.45) is 0 Å². The average molecular weight is 468 g/mol. The lowest BCUT2D eigenvalue weighted by Gasteiger charge is -2.47. The van der Waals surface area contributed by atoms with Crippen LogP contribution in [0.4, 0.5) is 20.6 Å². The number of aromatic nitrogens is 2. The summed E-state index contributed by atoms with van der Waals surface area (Å²) in [6.45, 7) is 6.30. The molecule has 0 bridgehead atoms. The molecule has 0 saturated carbocycles. The largest absolute Gasteiger partial charge is 0.444 e. The highest BCUT2D eigenvalue weighted by Gasteiger charge is 2.51. The van der Waals surface area contributed by atoms with E-state index in [4.69, 9.17) is 4.74 Å². The maximum Gasteiger partial charge on any atom is 0.410 e. The number of carbonyl (C=O) groups is 1. The van der Waals surface area contributed by atoms with Crippen LogP contribution in [0.2, 0.25) is 0 Å². The Hall–Kier alpha value is -2.56. The van der Waals surface area contributed by atoms with Crippen LogP contribution in [-0.4, -0.2) is 56.7 Å². The van der Waals surface area contributed by atoms with Gasteiger partial charge in [-0.3, -0.25) is 10.1 Å². The zero-order valence-electron chi connectivity index (χ0n) is 16.1. The molecule has 2 aromatic rings. The lowest BCUT2D eigenvalue weighted by molar-refractivity contribution is -0.384. The van der Waals surface area contributed by atoms with Crippen LogP contribution >= 0.6 is 15.9 Å². The van der Waals surface area contributed by atoms with E-state index in [1.807, 2.05) is 4.90 Å². The van der Waals surface area contributed by atoms with Gasteiger partial charge in [0.1, 0.15) is 27.6 Å². The summed E-state index contributed by atoms with van der Waals surface area (Å²) in [6, 6.07) is -0.223. The molecule has 2 saturated heterocycles. The Bertz CT molecular complexity index is 1030. The summed E-state index contributed by atoms with van der Waals surface area (Å²) in [5.41, 5.74) is -0.519. The molecule has 9 nitrogen and oxygen atoms in total. The first-order valence-electron chi connectivity index (χ1n) is 9.12. The minimum atomic E-state index is -0.669. The number of hydrogen-bond acceptors (Lipinski definition) is 7. The summed E-state index contributed by atoms with van der Waals surface area (Å²) in [4.78, 5) is 34.9. The van der Waals surface area contributed by atoms with E-state index in [-0.39, 0.29) is 39.0 Å². The van der Waals surface area contributed by atoms with Gasteiger partial charge in [0, 0.05) is 19.3 Å². The molecule has 4 rings (SSSR count). The van der Waals surface area contributed by atoms with Gasteiger partial charge in [0.2, 0.25) is 0 Å². The number of anilines is 1. The van der Waals surface area contributed by atoms with Crippen LogP contribution in [0.1, 0.15) is 27.2 Å². The molecule has 0 radical (unpaired) electrons. The number of ether oxygens (including phenoxy) is 1. The number of nitro groups is 1. The highest BCUT2D eigenvalue weighted by Crippen LogP contribution is 2.44. The van der Waals surface area contributed by atoms with Gasteiger partial charge in [-0.1, -0.05) is 0 Å². The smallest absolute Gasteiger partial charge is 0.410 e. The summed E-state index contributed by atoms with van der Waals surface area (Å²) in [5.74, 6) is -0.669. The van der Waals surface area contributed by atoms with E-state index in [2.05, 4.69) is 25.9 Å². The van der Waals surface area contributed by atoms with Crippen molar-refractivity contribution in [3.05, 3.63) is 32.9 Å². The Kier molecular flexibility index (Phi) is 4.60. The van der Waals surface area contributed by atoms with Crippen LogP contribution in [0, 0.1) is 15.9 Å². The number of pyridine rings is 2. The van der Waals surface area contributed by atoms with Gasteiger partial charge in [-0.2, -0.15) is 0 Å². The number of fused-ring (bicyclic) bond motifs is 2. The summed E-state index contributed by atoms with van der Waals surface area (Å²) in [6.07, 6.45) is 2.69. The van der Waals surface area contributed by atoms with Crippen LogP contribution in [0.25, 0.3) is 10.9 Å². The third kappa shape index (κ3) is 3.26. The molecule has 4 heterocycles. The molecule has 0 aromatic carbocycles. The van der Waals surface area contributed by atoms with Gasteiger partial charge in [0.25, 0.3) is 0 Å². The third-order valence-electron chi connectivity index (χ3n) is 5.17. The number of hydrogen-bond donors (Lipinski definition) is 0. The second-order valence-electron chi connectivity index (χ2n) is 8.12. The fourth-order valence-electron chi connectivity index (χ4n) is 3.94. The number of rotatable bonds is 2. The fraction of sp³-hybridized carbons (Fsp3) is 0.500. The number of likely N-dealkylation sites (tertiary alicyclic amines) is 1. The predicted octanol–water partition coefficient (Wildman–Crippen LogP) is 3.64. The lowest BCUT2D eigenvalue weighted by Crippen LogP contribution is -2.63. The average Bonchev–Trinajstić information content (AvgIpc) is 2.93. The Labute approximate surface area is 174 Å². The Balaban J connectivity index is 1.69. The van der Waals surface area contributed by atoms with Gasteiger partial charge in [0.15, 0.2) is 5.82 Å². The number of amides is 1. The first kappa shape index (κ1) is 19.7. The zero-order chi connectivity index (χ0) is 21.1. The zero-order valence-corrected chi connectivity index (χ0v) is 17.6. The molecular formula is C18H19BrFN5O4. The molecule has 154 valence electrons. The second kappa shape index (κ2) is 6.75. The first-order chi connectivity index (χ1) is 13.6. The van der Waals surface area contributed by atoms with Crippen LogP contribution in [-0.2, 0) is 4.74 Å². The molecule has 2 fully saturated rings. The molecule has 0 aliphatic carbocycles. The fourth-order valence-corrected chi connectivity index (χ4v) is 4.23. The molecule has 0 spiro atoms. The summed E-state index contributed by atoms with van der Waals surface area (Å²) >= 11 is 3.02. The van der Waals surface area contributed by atoms with E-state index in [9.17, 15) is 19.3 Å². The molecular weight excluding hydrogens is 449 g/mol. The van der Waals surface area contributed by atoms with E-state index >= 15 is 0 Å². The van der Waals surface area contributed by atoms with E-state index in [1.54, 1.807) is 25.7 Å². The SMILES string of the molecule is CC(C)(C)OC(=O)N1CC[C@@H]2[C@H]1CN2c1c([N+](=O)[O-])cnc2c(F)c(Br)ncc12. The van der Waals surface area contributed by atoms with Crippen LogP contribution in [0.3, 0.4) is 0 Å². The van der Waals surface area contributed by atoms with Gasteiger partial charge in [-0.15, -0.1) is 0 Å². The van der Waals surface area contributed by atoms with Crippen molar-refractivity contribution < 1.29 is 18.8 Å². The van der Waals surface area contributed by atoms with Crippen molar-refractivity contribution in [3.63, 3.8) is 0 Å². The molecule has 29 heavy (non-hydrogen) atoms. The van der Waals surface area contributed by atoms with Crippen molar-refractivity contribution >= 4 is 44.3 Å². The number of nitrogens with zero attached hydrogens (tertiary/aromatic N) is 5. The molecule has 11 heteroatoms. The van der Waals surface area contributed by atoms with Crippen molar-refractivity contribution in [1.29, 1.82) is 0 Å². The van der Waals surface area contributed by atoms with Gasteiger partial charge in [-0.25, -0.2) is 19.2 Å². The minimum absolute atomic E-state index is 0.00393. The van der Waals surface area contributed by atoms with Crippen molar-refractivity contribution in [2.45, 2.75) is 44.9 Å². The second-order valence-corrected chi connectivity index (χ2v) is 8.88. The topological polar surface area (TPSA) is 102 Å². The Morgan fingerprint density at radius 1 is 1.34 bits per heavy atom. The quantitative estimate of drug-likeness (QED) is 0.377. The maximum absolute atomic E-state index is 14.5. The molecule has 2 aromatic heterocycles. The maximum atomic E-state index is 14.5. The first-order valence-corrected chi connectivity index (χ1v) is 9.91. The third-order valence-corrected chi connectivity index (χ3v) is 5.72. The lowest BCUT2D eigenvalue weighted by atomic mass is 9.95. The molecule has 1 amide bonds. The van der Waals surface area contributed by atoms with Crippen LogP contribution in [0.15, 0.2) is 17.0 Å². The van der Waals surface area contributed by atoms with Gasteiger partial charge >= 0.3 is 11.8 Å².